The summed E-state index contributed by atoms with van der Waals surface area (Å²) < 4.78 is 0. The van der Waals surface area contributed by atoms with E-state index in [-0.39, 0.29) is 0 Å². The van der Waals surface area contributed by atoms with E-state index in [1.807, 2.05) is 43.5 Å². The van der Waals surface area contributed by atoms with Crippen LogP contribution >= 0.6 is 23.4 Å². The topological polar surface area (TPSA) is 24.9 Å². The quantitative estimate of drug-likeness (QED) is 0.631. The van der Waals surface area contributed by atoms with Gasteiger partial charge in [-0.25, -0.2) is 0 Å². The van der Waals surface area contributed by atoms with E-state index in [4.69, 9.17) is 11.6 Å². The molecular weight excluding hydrogens is 300 g/mol. The fourth-order valence-electron chi connectivity index (χ4n) is 2.23. The second-order valence-corrected chi connectivity index (χ2v) is 6.14. The van der Waals surface area contributed by atoms with Crippen molar-refractivity contribution >= 4 is 45.6 Å². The minimum atomic E-state index is 0.723. The van der Waals surface area contributed by atoms with Crippen molar-refractivity contribution in [1.29, 1.82) is 0 Å². The molecule has 0 saturated heterocycles. The standard InChI is InChI=1S/C17H15ClN2S/c1-11-3-5-17(14(18)9-11)20-16-7-8-19-15-6-4-12(21-2)10-13(15)16/h3-10H,1-2H3,(H,19,20). The minimum absolute atomic E-state index is 0.723. The molecule has 0 aliphatic heterocycles. The SMILES string of the molecule is CSc1ccc2nccc(Nc3ccc(C)cc3Cl)c2c1. The second-order valence-electron chi connectivity index (χ2n) is 4.85. The van der Waals surface area contributed by atoms with E-state index >= 15 is 0 Å². The van der Waals surface area contributed by atoms with Crippen molar-refractivity contribution in [2.45, 2.75) is 11.8 Å². The molecule has 21 heavy (non-hydrogen) atoms. The van der Waals surface area contributed by atoms with Crippen LogP contribution in [-0.2, 0) is 0 Å². The first-order valence-corrected chi connectivity index (χ1v) is 8.23. The monoisotopic (exact) mass is 314 g/mol. The molecule has 0 atom stereocenters. The Hall–Kier alpha value is -1.71. The zero-order chi connectivity index (χ0) is 14.8. The van der Waals surface area contributed by atoms with Crippen LogP contribution in [0.2, 0.25) is 5.02 Å². The average molecular weight is 315 g/mol. The van der Waals surface area contributed by atoms with Crippen molar-refractivity contribution in [3.05, 3.63) is 59.2 Å². The van der Waals surface area contributed by atoms with Crippen LogP contribution in [0.4, 0.5) is 11.4 Å². The number of anilines is 2. The molecule has 1 N–H and O–H groups in total. The van der Waals surface area contributed by atoms with Crippen LogP contribution in [-0.4, -0.2) is 11.2 Å². The fraction of sp³-hybridized carbons (Fsp3) is 0.118. The van der Waals surface area contributed by atoms with Crippen molar-refractivity contribution < 1.29 is 0 Å². The first-order chi connectivity index (χ1) is 10.2. The Kier molecular flexibility index (Phi) is 4.04. The van der Waals surface area contributed by atoms with Gasteiger partial charge in [0.25, 0.3) is 0 Å². The van der Waals surface area contributed by atoms with E-state index in [9.17, 15) is 0 Å². The summed E-state index contributed by atoms with van der Waals surface area (Å²) in [5.74, 6) is 0. The zero-order valence-electron chi connectivity index (χ0n) is 11.9. The van der Waals surface area contributed by atoms with Crippen molar-refractivity contribution in [2.24, 2.45) is 0 Å². The molecule has 0 saturated carbocycles. The molecule has 3 aromatic rings. The molecule has 0 radical (unpaired) electrons. The van der Waals surface area contributed by atoms with Gasteiger partial charge in [-0.15, -0.1) is 11.8 Å². The number of halogens is 1. The maximum Gasteiger partial charge on any atom is 0.0723 e. The molecule has 3 rings (SSSR count). The number of hydrogen-bond donors (Lipinski definition) is 1. The van der Waals surface area contributed by atoms with Gasteiger partial charge in [0.2, 0.25) is 0 Å². The zero-order valence-corrected chi connectivity index (χ0v) is 13.4. The third kappa shape index (κ3) is 2.99. The van der Waals surface area contributed by atoms with Gasteiger partial charge in [-0.2, -0.15) is 0 Å². The highest BCUT2D eigenvalue weighted by atomic mass is 35.5. The lowest BCUT2D eigenvalue weighted by atomic mass is 10.1. The summed E-state index contributed by atoms with van der Waals surface area (Å²) in [4.78, 5) is 5.63. The number of thioether (sulfide) groups is 1. The van der Waals surface area contributed by atoms with Gasteiger partial charge in [-0.05, 0) is 55.1 Å². The number of aryl methyl sites for hydroxylation is 1. The van der Waals surface area contributed by atoms with E-state index in [0.29, 0.717) is 0 Å². The predicted molar refractivity (Wildman–Crippen MR) is 93.0 cm³/mol. The molecule has 0 bridgehead atoms. The number of benzene rings is 2. The number of rotatable bonds is 3. The molecule has 4 heteroatoms. The van der Waals surface area contributed by atoms with E-state index < -0.39 is 0 Å². The van der Waals surface area contributed by atoms with Gasteiger partial charge in [-0.3, -0.25) is 4.98 Å². The van der Waals surface area contributed by atoms with Crippen molar-refractivity contribution in [2.75, 3.05) is 11.6 Å². The molecule has 0 aliphatic carbocycles. The van der Waals surface area contributed by atoms with Gasteiger partial charge in [0.05, 0.1) is 16.2 Å². The molecular formula is C17H15ClN2S. The Morgan fingerprint density at radius 3 is 2.67 bits per heavy atom. The summed E-state index contributed by atoms with van der Waals surface area (Å²) in [6.45, 7) is 2.03. The Labute approximate surface area is 133 Å². The van der Waals surface area contributed by atoms with E-state index in [1.54, 1.807) is 11.8 Å². The molecule has 0 fully saturated rings. The molecule has 0 amide bonds. The molecule has 1 aromatic heterocycles. The lowest BCUT2D eigenvalue weighted by molar-refractivity contribution is 1.38. The number of nitrogens with one attached hydrogen (secondary N) is 1. The Morgan fingerprint density at radius 2 is 1.90 bits per heavy atom. The summed E-state index contributed by atoms with van der Waals surface area (Å²) in [5, 5.41) is 5.23. The Morgan fingerprint density at radius 1 is 1.05 bits per heavy atom. The average Bonchev–Trinajstić information content (AvgIpc) is 2.50. The molecule has 2 aromatic carbocycles. The maximum atomic E-state index is 6.31. The molecule has 0 unspecified atom stereocenters. The summed E-state index contributed by atoms with van der Waals surface area (Å²) >= 11 is 8.03. The highest BCUT2D eigenvalue weighted by molar-refractivity contribution is 7.98. The lowest BCUT2D eigenvalue weighted by Gasteiger charge is -2.12. The highest BCUT2D eigenvalue weighted by Gasteiger charge is 2.06. The molecule has 0 spiro atoms. The summed E-state index contributed by atoms with van der Waals surface area (Å²) in [6, 6.07) is 14.3. The van der Waals surface area contributed by atoms with Gasteiger partial charge in [0.1, 0.15) is 0 Å². The predicted octanol–water partition coefficient (Wildman–Crippen LogP) is 5.66. The third-order valence-electron chi connectivity index (χ3n) is 3.34. The lowest BCUT2D eigenvalue weighted by Crippen LogP contribution is -1.94. The summed E-state index contributed by atoms with van der Waals surface area (Å²) in [6.07, 6.45) is 3.88. The van der Waals surface area contributed by atoms with Crippen LogP contribution in [0.3, 0.4) is 0 Å². The maximum absolute atomic E-state index is 6.31. The second kappa shape index (κ2) is 5.96. The highest BCUT2D eigenvalue weighted by Crippen LogP contribution is 2.31. The number of pyridine rings is 1. The fourth-order valence-corrected chi connectivity index (χ4v) is 2.95. The first-order valence-electron chi connectivity index (χ1n) is 6.63. The van der Waals surface area contributed by atoms with Crippen LogP contribution in [0, 0.1) is 6.92 Å². The van der Waals surface area contributed by atoms with E-state index in [2.05, 4.69) is 28.7 Å². The summed E-state index contributed by atoms with van der Waals surface area (Å²) in [5.41, 5.74) is 4.04. The van der Waals surface area contributed by atoms with Gasteiger partial charge >= 0.3 is 0 Å². The minimum Gasteiger partial charge on any atom is -0.354 e. The Balaban J connectivity index is 2.07. The van der Waals surface area contributed by atoms with E-state index in [0.717, 1.165) is 32.9 Å². The molecule has 1 heterocycles. The number of fused-ring (bicyclic) bond motifs is 1. The van der Waals surface area contributed by atoms with Crippen LogP contribution in [0.15, 0.2) is 53.6 Å². The van der Waals surface area contributed by atoms with Gasteiger partial charge in [-0.1, -0.05) is 17.7 Å². The smallest absolute Gasteiger partial charge is 0.0723 e. The van der Waals surface area contributed by atoms with Crippen LogP contribution in [0.5, 0.6) is 0 Å². The van der Waals surface area contributed by atoms with Gasteiger partial charge < -0.3 is 5.32 Å². The van der Waals surface area contributed by atoms with Crippen molar-refractivity contribution in [3.63, 3.8) is 0 Å². The molecule has 106 valence electrons. The number of hydrogen-bond acceptors (Lipinski definition) is 3. The van der Waals surface area contributed by atoms with Gasteiger partial charge in [0.15, 0.2) is 0 Å². The van der Waals surface area contributed by atoms with Gasteiger partial charge in [0, 0.05) is 22.2 Å². The summed E-state index contributed by atoms with van der Waals surface area (Å²) in [7, 11) is 0. The number of nitrogens with zero attached hydrogens (tertiary/aromatic N) is 1. The van der Waals surface area contributed by atoms with Crippen LogP contribution in [0.1, 0.15) is 5.56 Å². The first kappa shape index (κ1) is 14.2. The van der Waals surface area contributed by atoms with Crippen LogP contribution in [0.25, 0.3) is 10.9 Å². The van der Waals surface area contributed by atoms with Crippen LogP contribution < -0.4 is 5.32 Å². The Bertz CT molecular complexity index is 802. The molecule has 0 aliphatic rings. The normalized spacial score (nSPS) is 10.8. The third-order valence-corrected chi connectivity index (χ3v) is 4.38. The van der Waals surface area contributed by atoms with E-state index in [1.165, 1.54) is 4.90 Å². The van der Waals surface area contributed by atoms with Crippen molar-refractivity contribution in [1.82, 2.24) is 4.98 Å². The van der Waals surface area contributed by atoms with Crippen molar-refractivity contribution in [3.8, 4) is 0 Å². The number of aromatic nitrogens is 1. The molecule has 2 nitrogen and oxygen atoms in total. The largest absolute Gasteiger partial charge is 0.354 e.